The van der Waals surface area contributed by atoms with E-state index in [4.69, 9.17) is 4.74 Å². The van der Waals surface area contributed by atoms with Gasteiger partial charge in [-0.05, 0) is 35.1 Å². The van der Waals surface area contributed by atoms with Crippen molar-refractivity contribution in [3.8, 4) is 0 Å². The zero-order valence-electron chi connectivity index (χ0n) is 19.4. The first-order chi connectivity index (χ1) is 16.1. The summed E-state index contributed by atoms with van der Waals surface area (Å²) in [5, 5.41) is 0.257. The Morgan fingerprint density at radius 3 is 2.12 bits per heavy atom. The van der Waals surface area contributed by atoms with E-state index in [1.54, 1.807) is 0 Å². The fraction of sp³-hybridized carbons (Fsp3) is 0.345. The number of nitrogens with zero attached hydrogens (tertiary/aromatic N) is 1. The van der Waals surface area contributed by atoms with Gasteiger partial charge in [-0.1, -0.05) is 104 Å². The molecule has 0 aromatic heterocycles. The van der Waals surface area contributed by atoms with E-state index in [9.17, 15) is 4.79 Å². The number of ether oxygens (including phenoxy) is 1. The number of aryl methyl sites for hydroxylation is 1. The summed E-state index contributed by atoms with van der Waals surface area (Å²) < 4.78 is 5.36. The van der Waals surface area contributed by atoms with Crippen molar-refractivity contribution >= 4 is 16.9 Å². The van der Waals surface area contributed by atoms with Crippen molar-refractivity contribution in [2.24, 2.45) is 0 Å². The number of carbonyl (C=O) groups excluding carboxylic acids is 1. The molecule has 1 saturated heterocycles. The minimum atomic E-state index is -0.107. The molecular formula is C29H33NO2S. The molecule has 0 N–H and O–H groups in total. The van der Waals surface area contributed by atoms with Gasteiger partial charge in [-0.15, -0.1) is 0 Å². The van der Waals surface area contributed by atoms with Gasteiger partial charge in [0.05, 0.1) is 19.8 Å². The van der Waals surface area contributed by atoms with Gasteiger partial charge in [0.25, 0.3) is 0 Å². The number of carbonyl (C=O) groups is 1. The third-order valence-electron chi connectivity index (χ3n) is 6.51. The summed E-state index contributed by atoms with van der Waals surface area (Å²) >= 11 is 1.45. The first kappa shape index (κ1) is 23.7. The lowest BCUT2D eigenvalue weighted by Crippen LogP contribution is -2.39. The molecule has 1 aliphatic rings. The maximum absolute atomic E-state index is 12.3. The number of hydrogen-bond acceptors (Lipinski definition) is 4. The third kappa shape index (κ3) is 6.57. The highest BCUT2D eigenvalue weighted by atomic mass is 32.2. The van der Waals surface area contributed by atoms with Crippen LogP contribution in [0, 0.1) is 0 Å². The van der Waals surface area contributed by atoms with E-state index in [1.165, 1.54) is 34.0 Å². The Kier molecular flexibility index (Phi) is 8.38. The van der Waals surface area contributed by atoms with Gasteiger partial charge in [-0.3, -0.25) is 9.69 Å². The van der Waals surface area contributed by atoms with Crippen molar-refractivity contribution in [1.29, 1.82) is 0 Å². The summed E-state index contributed by atoms with van der Waals surface area (Å²) in [7, 11) is 0. The van der Waals surface area contributed by atoms with Gasteiger partial charge in [0.1, 0.15) is 0 Å². The highest BCUT2D eigenvalue weighted by molar-refractivity contribution is 8.13. The molecular weight excluding hydrogens is 426 g/mol. The first-order valence-electron chi connectivity index (χ1n) is 11.8. The van der Waals surface area contributed by atoms with Gasteiger partial charge in [-0.2, -0.15) is 0 Å². The van der Waals surface area contributed by atoms with Crippen LogP contribution in [0.5, 0.6) is 0 Å². The number of rotatable bonds is 9. The van der Waals surface area contributed by atoms with Gasteiger partial charge in [0, 0.05) is 24.3 Å². The molecule has 3 aromatic carbocycles. The highest BCUT2D eigenvalue weighted by Gasteiger charge is 2.29. The maximum Gasteiger partial charge on any atom is 0.202 e. The van der Waals surface area contributed by atoms with Gasteiger partial charge >= 0.3 is 0 Å². The predicted octanol–water partition coefficient (Wildman–Crippen LogP) is 5.37. The Morgan fingerprint density at radius 2 is 1.45 bits per heavy atom. The second kappa shape index (κ2) is 11.6. The smallest absolute Gasteiger partial charge is 0.202 e. The average Bonchev–Trinajstić information content (AvgIpc) is 2.86. The Labute approximate surface area is 202 Å². The minimum Gasteiger partial charge on any atom is -0.379 e. The van der Waals surface area contributed by atoms with Crippen LogP contribution in [-0.2, 0) is 27.8 Å². The Hall–Kier alpha value is -2.40. The van der Waals surface area contributed by atoms with Crippen LogP contribution in [0.4, 0.5) is 0 Å². The topological polar surface area (TPSA) is 29.5 Å². The molecule has 1 heterocycles. The van der Waals surface area contributed by atoms with E-state index >= 15 is 0 Å². The molecule has 3 aromatic rings. The molecule has 172 valence electrons. The summed E-state index contributed by atoms with van der Waals surface area (Å²) in [4.78, 5) is 14.5. The SMILES string of the molecule is CC(Cc1ccccc1)(c1ccccc1)c1ccc(CCSC(=O)CN2CCOCC2)cc1. The van der Waals surface area contributed by atoms with Crippen LogP contribution in [0.2, 0.25) is 0 Å². The lowest BCUT2D eigenvalue weighted by molar-refractivity contribution is -0.113. The normalized spacial score (nSPS) is 16.3. The first-order valence-corrected chi connectivity index (χ1v) is 12.8. The lowest BCUT2D eigenvalue weighted by atomic mass is 9.72. The van der Waals surface area contributed by atoms with E-state index in [0.29, 0.717) is 6.54 Å². The second-order valence-electron chi connectivity index (χ2n) is 8.92. The summed E-state index contributed by atoms with van der Waals surface area (Å²) in [6.45, 7) is 6.05. The molecule has 1 unspecified atom stereocenters. The van der Waals surface area contributed by atoms with Crippen LogP contribution in [0.3, 0.4) is 0 Å². The van der Waals surface area contributed by atoms with Crippen LogP contribution in [0.1, 0.15) is 29.2 Å². The summed E-state index contributed by atoms with van der Waals surface area (Å²) in [6.07, 6.45) is 1.85. The van der Waals surface area contributed by atoms with E-state index in [2.05, 4.69) is 96.8 Å². The molecule has 0 aliphatic carbocycles. The number of thioether (sulfide) groups is 1. The van der Waals surface area contributed by atoms with Crippen LogP contribution in [-0.4, -0.2) is 48.6 Å². The molecule has 3 nitrogen and oxygen atoms in total. The number of benzene rings is 3. The van der Waals surface area contributed by atoms with Crippen molar-refractivity contribution in [3.63, 3.8) is 0 Å². The molecule has 0 bridgehead atoms. The van der Waals surface area contributed by atoms with Crippen LogP contribution in [0.25, 0.3) is 0 Å². The van der Waals surface area contributed by atoms with Crippen molar-refractivity contribution in [2.75, 3.05) is 38.6 Å². The zero-order valence-corrected chi connectivity index (χ0v) is 20.2. The van der Waals surface area contributed by atoms with Crippen LogP contribution in [0.15, 0.2) is 84.9 Å². The van der Waals surface area contributed by atoms with Gasteiger partial charge in [-0.25, -0.2) is 0 Å². The molecule has 0 radical (unpaired) electrons. The standard InChI is InChI=1S/C29H33NO2S/c1-29(26-10-6-3-7-11-26,22-25-8-4-2-5-9-25)27-14-12-24(13-15-27)16-21-33-28(31)23-30-17-19-32-20-18-30/h2-15H,16-23H2,1H3. The molecule has 1 fully saturated rings. The Bertz CT molecular complexity index is 1000. The summed E-state index contributed by atoms with van der Waals surface area (Å²) in [6, 6.07) is 30.5. The van der Waals surface area contributed by atoms with Gasteiger partial charge in [0.15, 0.2) is 0 Å². The van der Waals surface area contributed by atoms with Gasteiger partial charge < -0.3 is 4.74 Å². The van der Waals surface area contributed by atoms with E-state index < -0.39 is 0 Å². The molecule has 0 spiro atoms. The minimum absolute atomic E-state index is 0.107. The molecule has 4 heteroatoms. The predicted molar refractivity (Wildman–Crippen MR) is 138 cm³/mol. The monoisotopic (exact) mass is 459 g/mol. The molecule has 4 rings (SSSR count). The van der Waals surface area contributed by atoms with E-state index in [-0.39, 0.29) is 10.5 Å². The molecule has 0 saturated carbocycles. The highest BCUT2D eigenvalue weighted by Crippen LogP contribution is 2.35. The van der Waals surface area contributed by atoms with Crippen molar-refractivity contribution in [1.82, 2.24) is 4.90 Å². The lowest BCUT2D eigenvalue weighted by Gasteiger charge is -2.31. The quantitative estimate of drug-likeness (QED) is 0.430. The zero-order chi connectivity index (χ0) is 22.9. The third-order valence-corrected chi connectivity index (χ3v) is 7.37. The van der Waals surface area contributed by atoms with Crippen molar-refractivity contribution in [2.45, 2.75) is 25.2 Å². The molecule has 1 aliphatic heterocycles. The molecule has 1 atom stereocenters. The number of morpholine rings is 1. The van der Waals surface area contributed by atoms with E-state index in [0.717, 1.165) is 44.9 Å². The summed E-state index contributed by atoms with van der Waals surface area (Å²) in [5.74, 6) is 0.822. The van der Waals surface area contributed by atoms with Crippen LogP contribution < -0.4 is 0 Å². The van der Waals surface area contributed by atoms with Crippen molar-refractivity contribution in [3.05, 3.63) is 107 Å². The maximum atomic E-state index is 12.3. The summed E-state index contributed by atoms with van der Waals surface area (Å²) in [5.41, 5.74) is 5.15. The van der Waals surface area contributed by atoms with Crippen molar-refractivity contribution < 1.29 is 9.53 Å². The number of hydrogen-bond donors (Lipinski definition) is 0. The molecule has 0 amide bonds. The fourth-order valence-electron chi connectivity index (χ4n) is 4.49. The van der Waals surface area contributed by atoms with E-state index in [1.807, 2.05) is 0 Å². The Morgan fingerprint density at radius 1 is 0.848 bits per heavy atom. The largest absolute Gasteiger partial charge is 0.379 e. The fourth-order valence-corrected chi connectivity index (χ4v) is 5.33. The Balaban J connectivity index is 1.39. The van der Waals surface area contributed by atoms with Crippen LogP contribution >= 0.6 is 11.8 Å². The van der Waals surface area contributed by atoms with Gasteiger partial charge in [0.2, 0.25) is 5.12 Å². The molecule has 33 heavy (non-hydrogen) atoms. The second-order valence-corrected chi connectivity index (χ2v) is 10.1. The average molecular weight is 460 g/mol.